The van der Waals surface area contributed by atoms with Crippen LogP contribution in [0, 0.1) is 0 Å². The molecule has 2 saturated heterocycles. The van der Waals surface area contributed by atoms with Crippen LogP contribution in [0.25, 0.3) is 0 Å². The van der Waals surface area contributed by atoms with Crippen molar-refractivity contribution in [3.8, 4) is 0 Å². The van der Waals surface area contributed by atoms with Crippen LogP contribution in [-0.2, 0) is 22.7 Å². The Morgan fingerprint density at radius 3 is 1.69 bits per heavy atom. The Kier molecular flexibility index (Phi) is 11.8. The van der Waals surface area contributed by atoms with Crippen molar-refractivity contribution >= 4 is 27.2 Å². The van der Waals surface area contributed by atoms with Gasteiger partial charge in [0.05, 0.1) is 10.6 Å². The van der Waals surface area contributed by atoms with E-state index in [4.69, 9.17) is 0 Å². The highest BCUT2D eigenvalue weighted by Gasteiger charge is 2.28. The molecule has 6 rings (SSSR count). The Bertz CT molecular complexity index is 1540. The molecule has 2 fully saturated rings. The topological polar surface area (TPSA) is 70.6 Å². The third-order valence-electron chi connectivity index (χ3n) is 10.5. The Morgan fingerprint density at radius 2 is 1.18 bits per heavy atom. The van der Waals surface area contributed by atoms with Gasteiger partial charge in [0.25, 0.3) is 0 Å². The van der Waals surface area contributed by atoms with Gasteiger partial charge in [0.2, 0.25) is 0 Å². The highest BCUT2D eigenvalue weighted by atomic mass is 32.2. The quantitative estimate of drug-likeness (QED) is 0.258. The van der Waals surface area contributed by atoms with Gasteiger partial charge >= 0.3 is 6.03 Å². The normalized spacial score (nSPS) is 17.4. The minimum atomic E-state index is -3.52. The number of anilines is 2. The largest absolute Gasteiger partial charge is 0.369 e. The SMILES string of the molecule is CC(C)N(CCS(=O)(=O)c1ccc2c(c1)CCC2)C(=O)N(CCN1CCN(c2ccccc2)CC1)CCN1CCN(c2ccccc2)CC1. The molecule has 0 N–H and O–H groups in total. The van der Waals surface area contributed by atoms with Gasteiger partial charge in [-0.1, -0.05) is 42.5 Å². The molecule has 0 spiro atoms. The number of para-hydroxylation sites is 2. The van der Waals surface area contributed by atoms with Crippen LogP contribution < -0.4 is 9.80 Å². The average molecular weight is 687 g/mol. The van der Waals surface area contributed by atoms with Crippen molar-refractivity contribution in [2.24, 2.45) is 0 Å². The van der Waals surface area contributed by atoms with Crippen LogP contribution in [0.5, 0.6) is 0 Å². The standard InChI is InChI=1S/C39H54N6O3S/c1-33(2)45(30-31-49(47,48)38-17-16-34-10-9-11-35(34)32-38)39(46)44(28-22-40-18-24-42(25-19-40)36-12-5-3-6-13-36)29-23-41-20-26-43(27-21-41)37-14-7-4-8-15-37/h3-8,12-17,32-33H,9-11,18-31H2,1-2H3. The lowest BCUT2D eigenvalue weighted by Crippen LogP contribution is -2.54. The highest BCUT2D eigenvalue weighted by Crippen LogP contribution is 2.25. The molecular weight excluding hydrogens is 633 g/mol. The first-order valence-corrected chi connectivity index (χ1v) is 19.9. The minimum absolute atomic E-state index is 0.0648. The van der Waals surface area contributed by atoms with Gasteiger partial charge < -0.3 is 19.6 Å². The van der Waals surface area contributed by atoms with E-state index in [-0.39, 0.29) is 24.4 Å². The second-order valence-corrected chi connectivity index (χ2v) is 16.1. The third kappa shape index (κ3) is 9.15. The van der Waals surface area contributed by atoms with Gasteiger partial charge in [-0.3, -0.25) is 9.80 Å². The molecule has 1 aliphatic carbocycles. The van der Waals surface area contributed by atoms with Crippen molar-refractivity contribution in [3.05, 3.63) is 90.0 Å². The molecule has 0 saturated carbocycles. The zero-order valence-electron chi connectivity index (χ0n) is 29.4. The lowest BCUT2D eigenvalue weighted by molar-refractivity contribution is 0.125. The maximum Gasteiger partial charge on any atom is 0.320 e. The Morgan fingerprint density at radius 1 is 0.673 bits per heavy atom. The number of fused-ring (bicyclic) bond motifs is 1. The number of hydrogen-bond acceptors (Lipinski definition) is 7. The molecule has 264 valence electrons. The molecule has 2 aliphatic heterocycles. The summed E-state index contributed by atoms with van der Waals surface area (Å²) in [5.74, 6) is -0.0769. The predicted octanol–water partition coefficient (Wildman–Crippen LogP) is 4.73. The molecule has 0 aromatic heterocycles. The zero-order valence-corrected chi connectivity index (χ0v) is 30.2. The number of hydrogen-bond donors (Lipinski definition) is 0. The zero-order chi connectivity index (χ0) is 34.2. The van der Waals surface area contributed by atoms with Crippen molar-refractivity contribution in [2.75, 3.05) is 101 Å². The molecule has 3 aliphatic rings. The summed E-state index contributed by atoms with van der Waals surface area (Å²) in [4.78, 5) is 28.2. The van der Waals surface area contributed by atoms with E-state index in [1.54, 1.807) is 11.0 Å². The van der Waals surface area contributed by atoms with Crippen molar-refractivity contribution in [2.45, 2.75) is 44.0 Å². The van der Waals surface area contributed by atoms with Crippen molar-refractivity contribution in [3.63, 3.8) is 0 Å². The maximum atomic E-state index is 14.3. The van der Waals surface area contributed by atoms with Crippen LogP contribution in [0.3, 0.4) is 0 Å². The molecule has 10 heteroatoms. The van der Waals surface area contributed by atoms with Gasteiger partial charge in [-0.25, -0.2) is 13.2 Å². The second-order valence-electron chi connectivity index (χ2n) is 14.0. The number of nitrogens with zero attached hydrogens (tertiary/aromatic N) is 6. The number of carbonyl (C=O) groups is 1. The first-order chi connectivity index (χ1) is 23.8. The lowest BCUT2D eigenvalue weighted by atomic mass is 10.1. The van der Waals surface area contributed by atoms with Crippen molar-refractivity contribution in [1.29, 1.82) is 0 Å². The van der Waals surface area contributed by atoms with Gasteiger partial charge in [0.15, 0.2) is 9.84 Å². The second kappa shape index (κ2) is 16.4. The summed E-state index contributed by atoms with van der Waals surface area (Å²) in [6.45, 7) is 14.6. The van der Waals surface area contributed by atoms with Crippen LogP contribution in [0.2, 0.25) is 0 Å². The summed E-state index contributed by atoms with van der Waals surface area (Å²) in [6, 6.07) is 26.5. The smallest absolute Gasteiger partial charge is 0.320 e. The molecule has 3 aromatic rings. The molecule has 0 atom stereocenters. The Labute approximate surface area is 294 Å². The molecule has 3 aromatic carbocycles. The fraction of sp³-hybridized carbons (Fsp3) is 0.513. The van der Waals surface area contributed by atoms with Gasteiger partial charge in [0.1, 0.15) is 0 Å². The Hall–Kier alpha value is -3.60. The van der Waals surface area contributed by atoms with Crippen LogP contribution >= 0.6 is 0 Å². The highest BCUT2D eigenvalue weighted by molar-refractivity contribution is 7.91. The average Bonchev–Trinajstić information content (AvgIpc) is 3.61. The monoisotopic (exact) mass is 686 g/mol. The lowest BCUT2D eigenvalue weighted by Gasteiger charge is -2.40. The number of piperazine rings is 2. The van der Waals surface area contributed by atoms with E-state index in [9.17, 15) is 13.2 Å². The van der Waals surface area contributed by atoms with Crippen LogP contribution in [0.15, 0.2) is 83.8 Å². The van der Waals surface area contributed by atoms with Gasteiger partial charge in [0, 0.05) is 102 Å². The summed E-state index contributed by atoms with van der Waals surface area (Å²) < 4.78 is 27.0. The number of amides is 2. The van der Waals surface area contributed by atoms with Gasteiger partial charge in [-0.05, 0) is 80.6 Å². The van der Waals surface area contributed by atoms with E-state index in [2.05, 4.69) is 80.3 Å². The number of aryl methyl sites for hydroxylation is 2. The van der Waals surface area contributed by atoms with E-state index in [1.807, 2.05) is 30.9 Å². The molecule has 2 heterocycles. The molecule has 0 bridgehead atoms. The number of rotatable bonds is 13. The van der Waals surface area contributed by atoms with E-state index in [1.165, 1.54) is 16.9 Å². The first-order valence-electron chi connectivity index (χ1n) is 18.2. The summed E-state index contributed by atoms with van der Waals surface area (Å²) in [7, 11) is -3.52. The van der Waals surface area contributed by atoms with Crippen LogP contribution in [-0.4, -0.2) is 131 Å². The Balaban J connectivity index is 1.08. The van der Waals surface area contributed by atoms with Gasteiger partial charge in [-0.2, -0.15) is 0 Å². The van der Waals surface area contributed by atoms with E-state index < -0.39 is 9.84 Å². The molecule has 9 nitrogen and oxygen atoms in total. The van der Waals surface area contributed by atoms with Crippen LogP contribution in [0.4, 0.5) is 16.2 Å². The maximum absolute atomic E-state index is 14.3. The van der Waals surface area contributed by atoms with Crippen LogP contribution in [0.1, 0.15) is 31.4 Å². The number of urea groups is 1. The van der Waals surface area contributed by atoms with E-state index in [0.717, 1.165) is 90.3 Å². The third-order valence-corrected chi connectivity index (χ3v) is 12.2. The summed E-state index contributed by atoms with van der Waals surface area (Å²) in [5, 5.41) is 0. The fourth-order valence-corrected chi connectivity index (χ4v) is 8.67. The summed E-state index contributed by atoms with van der Waals surface area (Å²) in [5.41, 5.74) is 4.93. The molecule has 49 heavy (non-hydrogen) atoms. The number of carbonyl (C=O) groups excluding carboxylic acids is 1. The van der Waals surface area contributed by atoms with Gasteiger partial charge in [-0.15, -0.1) is 0 Å². The first kappa shape index (κ1) is 35.2. The van der Waals surface area contributed by atoms with E-state index >= 15 is 0 Å². The van der Waals surface area contributed by atoms with Crippen molar-refractivity contribution < 1.29 is 13.2 Å². The van der Waals surface area contributed by atoms with E-state index in [0.29, 0.717) is 18.0 Å². The molecular formula is C39H54N6O3S. The molecule has 0 unspecified atom stereocenters. The molecule has 0 radical (unpaired) electrons. The summed E-state index contributed by atoms with van der Waals surface area (Å²) >= 11 is 0. The molecule has 2 amide bonds. The minimum Gasteiger partial charge on any atom is -0.369 e. The number of benzene rings is 3. The summed E-state index contributed by atoms with van der Waals surface area (Å²) in [6.07, 6.45) is 3.04. The van der Waals surface area contributed by atoms with Crippen molar-refractivity contribution in [1.82, 2.24) is 19.6 Å². The predicted molar refractivity (Wildman–Crippen MR) is 200 cm³/mol. The number of sulfone groups is 1. The fourth-order valence-electron chi connectivity index (χ4n) is 7.40.